The monoisotopic (exact) mass is 818 g/mol. The second kappa shape index (κ2) is 14.3. The summed E-state index contributed by atoms with van der Waals surface area (Å²) < 4.78 is 5.06. The number of anilines is 3. The summed E-state index contributed by atoms with van der Waals surface area (Å²) in [6, 6.07) is 84.9. The molecule has 0 aliphatic heterocycles. The van der Waals surface area contributed by atoms with Crippen molar-refractivity contribution in [3.8, 4) is 27.9 Å². The van der Waals surface area contributed by atoms with E-state index in [0.717, 1.165) is 17.1 Å². The maximum atomic E-state index is 2.43. The van der Waals surface area contributed by atoms with Gasteiger partial charge in [0.2, 0.25) is 0 Å². The first kappa shape index (κ1) is 35.7. The zero-order chi connectivity index (χ0) is 41.4. The van der Waals surface area contributed by atoms with Crippen LogP contribution < -0.4 is 4.90 Å². The minimum absolute atomic E-state index is 1.10. The highest BCUT2D eigenvalue weighted by atomic mass is 32.1. The number of fused-ring (bicyclic) bond motifs is 10. The van der Waals surface area contributed by atoms with Crippen molar-refractivity contribution in [1.82, 2.24) is 4.57 Å². The highest BCUT2D eigenvalue weighted by Crippen LogP contribution is 2.44. The van der Waals surface area contributed by atoms with Crippen molar-refractivity contribution in [3.05, 3.63) is 231 Å². The molecule has 0 atom stereocenters. The Morgan fingerprint density at radius 2 is 0.841 bits per heavy atom. The van der Waals surface area contributed by atoms with Crippen molar-refractivity contribution in [2.75, 3.05) is 4.90 Å². The summed E-state index contributed by atoms with van der Waals surface area (Å²) in [5, 5.41) is 12.6. The maximum absolute atomic E-state index is 2.43. The molecule has 0 aliphatic carbocycles. The molecule has 0 amide bonds. The Hall–Kier alpha value is -7.98. The van der Waals surface area contributed by atoms with Gasteiger partial charge in [0.25, 0.3) is 0 Å². The molecule has 294 valence electrons. The van der Waals surface area contributed by atoms with Crippen molar-refractivity contribution in [3.63, 3.8) is 0 Å². The molecule has 0 bridgehead atoms. The number of thiophene rings is 1. The summed E-state index contributed by atoms with van der Waals surface area (Å²) in [6.45, 7) is 0. The summed E-state index contributed by atoms with van der Waals surface area (Å²) in [7, 11) is 0. The van der Waals surface area contributed by atoms with Crippen molar-refractivity contribution >= 4 is 103 Å². The van der Waals surface area contributed by atoms with E-state index < -0.39 is 0 Å². The highest BCUT2D eigenvalue weighted by molar-refractivity contribution is 7.25. The molecule has 11 aromatic carbocycles. The van der Waals surface area contributed by atoms with Gasteiger partial charge in [0.05, 0.1) is 16.7 Å². The minimum Gasteiger partial charge on any atom is -0.310 e. The number of benzene rings is 11. The van der Waals surface area contributed by atoms with E-state index in [-0.39, 0.29) is 0 Å². The fourth-order valence-electron chi connectivity index (χ4n) is 9.90. The van der Waals surface area contributed by atoms with E-state index in [4.69, 9.17) is 0 Å². The van der Waals surface area contributed by atoms with Gasteiger partial charge in [0, 0.05) is 53.4 Å². The van der Waals surface area contributed by atoms with E-state index in [1.165, 1.54) is 102 Å². The van der Waals surface area contributed by atoms with Gasteiger partial charge in [-0.05, 0) is 128 Å². The van der Waals surface area contributed by atoms with Crippen LogP contribution in [0.5, 0.6) is 0 Å². The van der Waals surface area contributed by atoms with Gasteiger partial charge in [-0.1, -0.05) is 152 Å². The van der Waals surface area contributed by atoms with Crippen LogP contribution in [0.15, 0.2) is 231 Å². The largest absolute Gasteiger partial charge is 0.310 e. The first-order valence-corrected chi connectivity index (χ1v) is 22.4. The van der Waals surface area contributed by atoms with Crippen LogP contribution in [0.2, 0.25) is 0 Å². The number of rotatable bonds is 6. The van der Waals surface area contributed by atoms with E-state index in [2.05, 4.69) is 240 Å². The number of para-hydroxylation sites is 1. The lowest BCUT2D eigenvalue weighted by atomic mass is 9.98. The van der Waals surface area contributed by atoms with Crippen LogP contribution in [0.1, 0.15) is 0 Å². The van der Waals surface area contributed by atoms with Crippen LogP contribution in [0.3, 0.4) is 0 Å². The maximum Gasteiger partial charge on any atom is 0.0546 e. The first-order valence-electron chi connectivity index (χ1n) is 21.6. The first-order chi connectivity index (χ1) is 31.2. The quantitative estimate of drug-likeness (QED) is 0.152. The number of hydrogen-bond donors (Lipinski definition) is 0. The molecule has 63 heavy (non-hydrogen) atoms. The van der Waals surface area contributed by atoms with Gasteiger partial charge in [0.15, 0.2) is 0 Å². The summed E-state index contributed by atoms with van der Waals surface area (Å²) >= 11 is 1.86. The summed E-state index contributed by atoms with van der Waals surface area (Å²) in [5.41, 5.74) is 11.7. The normalized spacial score (nSPS) is 11.8. The molecule has 0 aliphatic rings. The molecule has 13 rings (SSSR count). The topological polar surface area (TPSA) is 8.17 Å². The van der Waals surface area contributed by atoms with Gasteiger partial charge in [-0.2, -0.15) is 0 Å². The van der Waals surface area contributed by atoms with E-state index in [9.17, 15) is 0 Å². The fraction of sp³-hybridized carbons (Fsp3) is 0. The molecular formula is C60H38N2S. The third-order valence-corrected chi connectivity index (χ3v) is 14.1. The van der Waals surface area contributed by atoms with Gasteiger partial charge in [-0.25, -0.2) is 0 Å². The Kier molecular flexibility index (Phi) is 8.12. The molecular weight excluding hydrogens is 781 g/mol. The van der Waals surface area contributed by atoms with Gasteiger partial charge in [-0.15, -0.1) is 11.3 Å². The zero-order valence-corrected chi connectivity index (χ0v) is 35.1. The number of aromatic nitrogens is 1. The lowest BCUT2D eigenvalue weighted by Gasteiger charge is -2.28. The third-order valence-electron chi connectivity index (χ3n) is 12.9. The van der Waals surface area contributed by atoms with Crippen LogP contribution in [-0.4, -0.2) is 4.57 Å². The van der Waals surface area contributed by atoms with Crippen molar-refractivity contribution in [2.24, 2.45) is 0 Å². The Morgan fingerprint density at radius 3 is 1.60 bits per heavy atom. The van der Waals surface area contributed by atoms with Crippen molar-refractivity contribution < 1.29 is 0 Å². The second-order valence-corrected chi connectivity index (χ2v) is 17.6. The fourth-order valence-corrected chi connectivity index (χ4v) is 11.0. The second-order valence-electron chi connectivity index (χ2n) is 16.5. The van der Waals surface area contributed by atoms with E-state index in [0.29, 0.717) is 0 Å². The molecule has 3 heteroatoms. The third kappa shape index (κ3) is 5.85. The van der Waals surface area contributed by atoms with E-state index in [1.807, 2.05) is 11.3 Å². The van der Waals surface area contributed by atoms with E-state index >= 15 is 0 Å². The summed E-state index contributed by atoms with van der Waals surface area (Å²) in [4.78, 5) is 2.43. The van der Waals surface area contributed by atoms with Crippen molar-refractivity contribution in [2.45, 2.75) is 0 Å². The Labute approximate surface area is 368 Å². The van der Waals surface area contributed by atoms with Crippen LogP contribution in [0.25, 0.3) is 102 Å². The highest BCUT2D eigenvalue weighted by Gasteiger charge is 2.19. The molecule has 0 saturated heterocycles. The lowest BCUT2D eigenvalue weighted by Crippen LogP contribution is -2.10. The van der Waals surface area contributed by atoms with Crippen LogP contribution >= 0.6 is 11.3 Å². The van der Waals surface area contributed by atoms with E-state index in [1.54, 1.807) is 0 Å². The summed E-state index contributed by atoms with van der Waals surface area (Å²) in [6.07, 6.45) is 0. The average molecular weight is 819 g/mol. The van der Waals surface area contributed by atoms with Crippen LogP contribution in [0.4, 0.5) is 17.1 Å². The molecule has 0 saturated carbocycles. The molecule has 0 fully saturated rings. The smallest absolute Gasteiger partial charge is 0.0546 e. The van der Waals surface area contributed by atoms with Crippen LogP contribution in [-0.2, 0) is 0 Å². The SMILES string of the molecule is c1ccc2cc(-n3c4ccccc4c4cc(-c5ccc(N(c6ccc(-c7ccc8sc9ccccc9c8c7)cc6)c6cc7ccccc7c7ccccc67)cc5)ccc43)ccc2c1. The summed E-state index contributed by atoms with van der Waals surface area (Å²) in [5.74, 6) is 0. The molecule has 0 unspecified atom stereocenters. The molecule has 2 nitrogen and oxygen atoms in total. The molecule has 2 heterocycles. The van der Waals surface area contributed by atoms with Gasteiger partial charge in [0.1, 0.15) is 0 Å². The zero-order valence-electron chi connectivity index (χ0n) is 34.2. The predicted molar refractivity (Wildman–Crippen MR) is 272 cm³/mol. The number of hydrogen-bond acceptors (Lipinski definition) is 2. The standard InChI is InChI=1S/C60H38N2S/c1-2-12-42-35-48(32-25-39(42)11-1)62-56-19-9-7-17-52(56)54-36-43(26-33-57(54)62)40-21-28-46(29-22-40)61(58-38-45-13-3-4-14-49(45)50-15-5-6-16-51(50)58)47-30-23-41(24-31-47)44-27-34-60-55(37-44)53-18-8-10-20-59(53)63-60/h1-38H. The van der Waals surface area contributed by atoms with Gasteiger partial charge in [-0.3, -0.25) is 0 Å². The van der Waals surface area contributed by atoms with Crippen molar-refractivity contribution in [1.29, 1.82) is 0 Å². The Morgan fingerprint density at radius 1 is 0.302 bits per heavy atom. The van der Waals surface area contributed by atoms with Crippen LogP contribution in [0, 0.1) is 0 Å². The average Bonchev–Trinajstić information content (AvgIpc) is 3.89. The lowest BCUT2D eigenvalue weighted by molar-refractivity contribution is 1.19. The van der Waals surface area contributed by atoms with Gasteiger partial charge >= 0.3 is 0 Å². The molecule has 0 radical (unpaired) electrons. The Balaban J connectivity index is 0.925. The molecule has 0 spiro atoms. The molecule has 13 aromatic rings. The van der Waals surface area contributed by atoms with Gasteiger partial charge < -0.3 is 9.47 Å². The Bertz CT molecular complexity index is 3910. The minimum atomic E-state index is 1.10. The molecule has 2 aromatic heterocycles. The molecule has 0 N–H and O–H groups in total. The number of nitrogens with zero attached hydrogens (tertiary/aromatic N) is 2. The predicted octanol–water partition coefficient (Wildman–Crippen LogP) is 17.4.